The zero-order valence-corrected chi connectivity index (χ0v) is 15.2. The number of hydrogen-bond acceptors (Lipinski definition) is 2. The standard InChI is InChI=1S/C19H40N2/c1-6-9-10-11-12-13-14-15-18(4)20-19(5)21(16-7-2)17-8-3/h18,20H,5-17H2,1-4H3. The molecule has 2 nitrogen and oxygen atoms in total. The summed E-state index contributed by atoms with van der Waals surface area (Å²) in [6, 6.07) is 0.546. The van der Waals surface area contributed by atoms with Crippen LogP contribution >= 0.6 is 0 Å². The van der Waals surface area contributed by atoms with Crippen LogP contribution in [0.25, 0.3) is 0 Å². The van der Waals surface area contributed by atoms with Gasteiger partial charge in [0.1, 0.15) is 0 Å². The molecule has 0 aromatic carbocycles. The van der Waals surface area contributed by atoms with Gasteiger partial charge in [0.2, 0.25) is 0 Å². The summed E-state index contributed by atoms with van der Waals surface area (Å²) in [5.41, 5.74) is 0. The highest BCUT2D eigenvalue weighted by Crippen LogP contribution is 2.11. The molecule has 1 unspecified atom stereocenters. The molecule has 0 bridgehead atoms. The van der Waals surface area contributed by atoms with Gasteiger partial charge in [-0.3, -0.25) is 0 Å². The summed E-state index contributed by atoms with van der Waals surface area (Å²) in [5, 5.41) is 3.59. The highest BCUT2D eigenvalue weighted by atomic mass is 15.2. The van der Waals surface area contributed by atoms with Crippen molar-refractivity contribution in [1.29, 1.82) is 0 Å². The Morgan fingerprint density at radius 2 is 1.38 bits per heavy atom. The first kappa shape index (κ1) is 20.3. The Labute approximate surface area is 134 Å². The average molecular weight is 297 g/mol. The van der Waals surface area contributed by atoms with E-state index in [-0.39, 0.29) is 0 Å². The number of unbranched alkanes of at least 4 members (excludes halogenated alkanes) is 6. The molecule has 0 radical (unpaired) electrons. The molecule has 0 amide bonds. The van der Waals surface area contributed by atoms with E-state index in [9.17, 15) is 0 Å². The normalized spacial score (nSPS) is 12.2. The van der Waals surface area contributed by atoms with Crippen molar-refractivity contribution in [3.05, 3.63) is 12.4 Å². The van der Waals surface area contributed by atoms with Gasteiger partial charge in [-0.1, -0.05) is 72.3 Å². The Morgan fingerprint density at radius 3 is 1.90 bits per heavy atom. The molecule has 2 heteroatoms. The molecule has 0 fully saturated rings. The lowest BCUT2D eigenvalue weighted by Gasteiger charge is -2.29. The molecule has 0 saturated carbocycles. The third-order valence-corrected chi connectivity index (χ3v) is 4.02. The smallest absolute Gasteiger partial charge is 0.0940 e. The highest BCUT2D eigenvalue weighted by Gasteiger charge is 2.08. The molecule has 21 heavy (non-hydrogen) atoms. The number of hydrogen-bond donors (Lipinski definition) is 1. The predicted octanol–water partition coefficient (Wildman–Crippen LogP) is 5.70. The Kier molecular flexibility index (Phi) is 13.8. The zero-order valence-electron chi connectivity index (χ0n) is 15.2. The van der Waals surface area contributed by atoms with Crippen molar-refractivity contribution in [1.82, 2.24) is 10.2 Å². The number of nitrogens with one attached hydrogen (secondary N) is 1. The zero-order chi connectivity index (χ0) is 15.9. The second kappa shape index (κ2) is 14.3. The maximum absolute atomic E-state index is 4.23. The Morgan fingerprint density at radius 1 is 0.857 bits per heavy atom. The van der Waals surface area contributed by atoms with Crippen LogP contribution in [0.4, 0.5) is 0 Å². The van der Waals surface area contributed by atoms with Gasteiger partial charge in [-0.2, -0.15) is 0 Å². The maximum atomic E-state index is 4.23. The monoisotopic (exact) mass is 296 g/mol. The van der Waals surface area contributed by atoms with E-state index in [0.717, 1.165) is 18.9 Å². The van der Waals surface area contributed by atoms with Gasteiger partial charge in [0, 0.05) is 19.1 Å². The molecule has 1 atom stereocenters. The molecule has 0 aliphatic heterocycles. The number of nitrogens with zero attached hydrogens (tertiary/aromatic N) is 1. The maximum Gasteiger partial charge on any atom is 0.0940 e. The van der Waals surface area contributed by atoms with Crippen LogP contribution < -0.4 is 5.32 Å². The lowest BCUT2D eigenvalue weighted by atomic mass is 10.1. The first-order valence-electron chi connectivity index (χ1n) is 9.36. The predicted molar refractivity (Wildman–Crippen MR) is 96.5 cm³/mol. The first-order valence-corrected chi connectivity index (χ1v) is 9.36. The van der Waals surface area contributed by atoms with Crippen molar-refractivity contribution in [2.24, 2.45) is 0 Å². The van der Waals surface area contributed by atoms with E-state index in [1.807, 2.05) is 0 Å². The van der Waals surface area contributed by atoms with Crippen LogP contribution in [0.5, 0.6) is 0 Å². The van der Waals surface area contributed by atoms with Gasteiger partial charge in [0.05, 0.1) is 5.82 Å². The average Bonchev–Trinajstić information content (AvgIpc) is 2.46. The van der Waals surface area contributed by atoms with Gasteiger partial charge in [-0.05, 0) is 26.2 Å². The van der Waals surface area contributed by atoms with Crippen molar-refractivity contribution in [3.8, 4) is 0 Å². The molecular formula is C19H40N2. The lowest BCUT2D eigenvalue weighted by molar-refractivity contribution is 0.307. The fourth-order valence-electron chi connectivity index (χ4n) is 2.78. The van der Waals surface area contributed by atoms with E-state index in [0.29, 0.717) is 6.04 Å². The number of rotatable bonds is 15. The van der Waals surface area contributed by atoms with Crippen LogP contribution in [0.2, 0.25) is 0 Å². The minimum Gasteiger partial charge on any atom is -0.370 e. The van der Waals surface area contributed by atoms with E-state index < -0.39 is 0 Å². The molecule has 0 aromatic heterocycles. The first-order chi connectivity index (χ1) is 10.2. The van der Waals surface area contributed by atoms with Crippen molar-refractivity contribution >= 4 is 0 Å². The third-order valence-electron chi connectivity index (χ3n) is 4.02. The van der Waals surface area contributed by atoms with Crippen LogP contribution in [0.3, 0.4) is 0 Å². The summed E-state index contributed by atoms with van der Waals surface area (Å²) in [7, 11) is 0. The van der Waals surface area contributed by atoms with Gasteiger partial charge in [0.15, 0.2) is 0 Å². The highest BCUT2D eigenvalue weighted by molar-refractivity contribution is 4.92. The SMILES string of the molecule is C=C(NC(C)CCCCCCCCC)N(CCC)CCC. The van der Waals surface area contributed by atoms with Crippen molar-refractivity contribution < 1.29 is 0 Å². The summed E-state index contributed by atoms with van der Waals surface area (Å²) in [6.45, 7) is 15.5. The third kappa shape index (κ3) is 11.7. The summed E-state index contributed by atoms with van der Waals surface area (Å²) >= 11 is 0. The van der Waals surface area contributed by atoms with E-state index in [2.05, 4.69) is 44.5 Å². The van der Waals surface area contributed by atoms with Gasteiger partial charge in [0.25, 0.3) is 0 Å². The van der Waals surface area contributed by atoms with E-state index in [1.165, 1.54) is 64.2 Å². The molecular weight excluding hydrogens is 256 g/mol. The van der Waals surface area contributed by atoms with Gasteiger partial charge in [-0.25, -0.2) is 0 Å². The topological polar surface area (TPSA) is 15.3 Å². The molecule has 0 aliphatic carbocycles. The van der Waals surface area contributed by atoms with Crippen LogP contribution in [0.15, 0.2) is 12.4 Å². The van der Waals surface area contributed by atoms with Crippen molar-refractivity contribution in [2.75, 3.05) is 13.1 Å². The van der Waals surface area contributed by atoms with Crippen molar-refractivity contribution in [3.63, 3.8) is 0 Å². The van der Waals surface area contributed by atoms with E-state index >= 15 is 0 Å². The van der Waals surface area contributed by atoms with Crippen LogP contribution in [0.1, 0.15) is 91.9 Å². The van der Waals surface area contributed by atoms with Gasteiger partial charge >= 0.3 is 0 Å². The van der Waals surface area contributed by atoms with Crippen molar-refractivity contribution in [2.45, 2.75) is 97.9 Å². The molecule has 0 rings (SSSR count). The fourth-order valence-corrected chi connectivity index (χ4v) is 2.78. The fraction of sp³-hybridized carbons (Fsp3) is 0.895. The summed E-state index contributed by atoms with van der Waals surface area (Å²) in [6.07, 6.45) is 13.4. The quantitative estimate of drug-likeness (QED) is 0.390. The molecule has 1 N–H and O–H groups in total. The molecule has 0 aliphatic rings. The summed E-state index contributed by atoms with van der Waals surface area (Å²) in [5.74, 6) is 1.12. The molecule has 0 heterocycles. The second-order valence-corrected chi connectivity index (χ2v) is 6.39. The van der Waals surface area contributed by atoms with E-state index in [1.54, 1.807) is 0 Å². The van der Waals surface area contributed by atoms with Crippen LogP contribution in [0, 0.1) is 0 Å². The molecule has 0 spiro atoms. The summed E-state index contributed by atoms with van der Waals surface area (Å²) < 4.78 is 0. The second-order valence-electron chi connectivity index (χ2n) is 6.39. The molecule has 0 aromatic rings. The van der Waals surface area contributed by atoms with Gasteiger partial charge < -0.3 is 10.2 Å². The minimum absolute atomic E-state index is 0.546. The van der Waals surface area contributed by atoms with Gasteiger partial charge in [-0.15, -0.1) is 0 Å². The molecule has 0 saturated heterocycles. The Bertz CT molecular complexity index is 232. The Balaban J connectivity index is 3.71. The Hall–Kier alpha value is -0.660. The largest absolute Gasteiger partial charge is 0.370 e. The minimum atomic E-state index is 0.546. The van der Waals surface area contributed by atoms with E-state index in [4.69, 9.17) is 0 Å². The van der Waals surface area contributed by atoms with Crippen LogP contribution in [-0.4, -0.2) is 24.0 Å². The van der Waals surface area contributed by atoms with Crippen LogP contribution in [-0.2, 0) is 0 Å². The summed E-state index contributed by atoms with van der Waals surface area (Å²) in [4.78, 5) is 2.39. The molecule has 126 valence electrons. The lowest BCUT2D eigenvalue weighted by Crippen LogP contribution is -2.36.